The van der Waals surface area contributed by atoms with Crippen LogP contribution in [-0.2, 0) is 0 Å². The Labute approximate surface area is 161 Å². The van der Waals surface area contributed by atoms with Gasteiger partial charge in [-0.2, -0.15) is 0 Å². The maximum absolute atomic E-state index is 3.77. The van der Waals surface area contributed by atoms with Gasteiger partial charge in [0.1, 0.15) is 0 Å². The molecule has 1 N–H and O–H groups in total. The molecule has 0 fully saturated rings. The zero-order valence-corrected chi connectivity index (χ0v) is 16.0. The summed E-state index contributed by atoms with van der Waals surface area (Å²) >= 11 is 0. The first kappa shape index (κ1) is 18.4. The fourth-order valence-electron chi connectivity index (χ4n) is 3.67. The minimum absolute atomic E-state index is 0. The minimum Gasteiger partial charge on any atom is -0.304 e. The topological polar surface area (TPSA) is 12.0 Å². The van der Waals surface area contributed by atoms with Crippen LogP contribution in [0.2, 0.25) is 0 Å². The van der Waals surface area contributed by atoms with Crippen LogP contribution in [-0.4, -0.2) is 0 Å². The predicted molar refractivity (Wildman–Crippen MR) is 115 cm³/mol. The second kappa shape index (κ2) is 7.90. The summed E-state index contributed by atoms with van der Waals surface area (Å²) in [5.41, 5.74) is 2.68. The first-order valence-corrected chi connectivity index (χ1v) is 8.95. The molecule has 0 saturated heterocycles. The van der Waals surface area contributed by atoms with E-state index < -0.39 is 0 Å². The number of rotatable bonds is 4. The van der Waals surface area contributed by atoms with Crippen LogP contribution in [0.3, 0.4) is 0 Å². The molecule has 0 heterocycles. The normalized spacial score (nSPS) is 13.3. The van der Waals surface area contributed by atoms with Gasteiger partial charge >= 0.3 is 0 Å². The van der Waals surface area contributed by atoms with Crippen molar-refractivity contribution in [3.63, 3.8) is 0 Å². The van der Waals surface area contributed by atoms with Crippen molar-refractivity contribution in [2.45, 2.75) is 25.9 Å². The van der Waals surface area contributed by atoms with E-state index in [0.717, 1.165) is 0 Å². The lowest BCUT2D eigenvalue weighted by Gasteiger charge is -2.22. The average molecular weight is 362 g/mol. The monoisotopic (exact) mass is 361 g/mol. The largest absolute Gasteiger partial charge is 0.304 e. The Morgan fingerprint density at radius 3 is 2.08 bits per heavy atom. The average Bonchev–Trinajstić information content (AvgIpc) is 2.67. The lowest BCUT2D eigenvalue weighted by molar-refractivity contribution is 0.497. The third-order valence-corrected chi connectivity index (χ3v) is 5.06. The van der Waals surface area contributed by atoms with E-state index in [1.54, 1.807) is 0 Å². The fraction of sp³-hybridized carbons (Fsp3) is 0.167. The van der Waals surface area contributed by atoms with Crippen molar-refractivity contribution >= 4 is 34.0 Å². The van der Waals surface area contributed by atoms with Crippen molar-refractivity contribution in [2.24, 2.45) is 0 Å². The van der Waals surface area contributed by atoms with Crippen molar-refractivity contribution < 1.29 is 0 Å². The molecule has 132 valence electrons. The van der Waals surface area contributed by atoms with E-state index in [2.05, 4.69) is 104 Å². The summed E-state index contributed by atoms with van der Waals surface area (Å²) in [5, 5.41) is 8.99. The highest BCUT2D eigenvalue weighted by Gasteiger charge is 2.13. The Hall–Kier alpha value is -2.35. The molecule has 0 saturated carbocycles. The van der Waals surface area contributed by atoms with E-state index in [1.165, 1.54) is 32.7 Å². The van der Waals surface area contributed by atoms with E-state index in [-0.39, 0.29) is 18.4 Å². The van der Waals surface area contributed by atoms with E-state index in [0.29, 0.717) is 6.04 Å². The van der Waals surface area contributed by atoms with Crippen LogP contribution >= 0.6 is 12.4 Å². The highest BCUT2D eigenvalue weighted by atomic mass is 35.5. The molecule has 2 atom stereocenters. The number of nitrogens with one attached hydrogen (secondary N) is 1. The van der Waals surface area contributed by atoms with Gasteiger partial charge in [-0.05, 0) is 52.6 Å². The first-order valence-electron chi connectivity index (χ1n) is 8.95. The molecule has 4 rings (SSSR count). The molecular weight excluding hydrogens is 338 g/mol. The van der Waals surface area contributed by atoms with Gasteiger partial charge in [0, 0.05) is 12.1 Å². The zero-order valence-electron chi connectivity index (χ0n) is 15.1. The van der Waals surface area contributed by atoms with Gasteiger partial charge in [-0.15, -0.1) is 12.4 Å². The van der Waals surface area contributed by atoms with Gasteiger partial charge in [-0.25, -0.2) is 0 Å². The number of hydrogen-bond donors (Lipinski definition) is 1. The Balaban J connectivity index is 0.00000196. The van der Waals surface area contributed by atoms with Gasteiger partial charge in [0.25, 0.3) is 0 Å². The summed E-state index contributed by atoms with van der Waals surface area (Å²) < 4.78 is 0. The number of halogens is 1. The lowest BCUT2D eigenvalue weighted by Crippen LogP contribution is -2.22. The molecule has 0 aliphatic carbocycles. The Bertz CT molecular complexity index is 1020. The maximum Gasteiger partial charge on any atom is 0.0303 e. The molecule has 1 unspecified atom stereocenters. The molecule has 0 bridgehead atoms. The van der Waals surface area contributed by atoms with Crippen molar-refractivity contribution in [1.29, 1.82) is 0 Å². The van der Waals surface area contributed by atoms with E-state index >= 15 is 0 Å². The van der Waals surface area contributed by atoms with Gasteiger partial charge in [0.15, 0.2) is 0 Å². The van der Waals surface area contributed by atoms with Crippen molar-refractivity contribution in [2.75, 3.05) is 0 Å². The third-order valence-electron chi connectivity index (χ3n) is 5.06. The second-order valence-electron chi connectivity index (χ2n) is 6.79. The highest BCUT2D eigenvalue weighted by molar-refractivity contribution is 5.86. The molecule has 2 heteroatoms. The molecule has 26 heavy (non-hydrogen) atoms. The second-order valence-corrected chi connectivity index (χ2v) is 6.79. The first-order chi connectivity index (χ1) is 12.2. The summed E-state index contributed by atoms with van der Waals surface area (Å²) in [7, 11) is 0. The van der Waals surface area contributed by atoms with Crippen LogP contribution < -0.4 is 5.32 Å². The van der Waals surface area contributed by atoms with Crippen LogP contribution in [0.5, 0.6) is 0 Å². The van der Waals surface area contributed by atoms with Gasteiger partial charge in [0.05, 0.1) is 0 Å². The smallest absolute Gasteiger partial charge is 0.0303 e. The zero-order chi connectivity index (χ0) is 17.2. The summed E-state index contributed by atoms with van der Waals surface area (Å²) in [6.07, 6.45) is 0. The molecular formula is C24H24ClN. The van der Waals surface area contributed by atoms with Crippen LogP contribution in [0, 0.1) is 0 Å². The number of fused-ring (bicyclic) bond motifs is 2. The quantitative estimate of drug-likeness (QED) is 0.420. The molecule has 0 radical (unpaired) electrons. The molecule has 0 spiro atoms. The molecule has 0 aliphatic rings. The Morgan fingerprint density at radius 1 is 0.615 bits per heavy atom. The molecule has 4 aromatic carbocycles. The van der Waals surface area contributed by atoms with Crippen molar-refractivity contribution in [1.82, 2.24) is 5.32 Å². The third kappa shape index (κ3) is 3.60. The van der Waals surface area contributed by atoms with Crippen LogP contribution in [0.1, 0.15) is 37.1 Å². The SMILES string of the molecule is CC(N[C@H](C)c1cccc2ccccc12)c1ccc2ccccc2c1.Cl. The Kier molecular flexibility index (Phi) is 5.61. The molecule has 0 aliphatic heterocycles. The van der Waals surface area contributed by atoms with Crippen LogP contribution in [0.4, 0.5) is 0 Å². The van der Waals surface area contributed by atoms with Gasteiger partial charge in [0.2, 0.25) is 0 Å². The van der Waals surface area contributed by atoms with Gasteiger partial charge in [-0.1, -0.05) is 78.9 Å². The van der Waals surface area contributed by atoms with Crippen molar-refractivity contribution in [3.05, 3.63) is 96.1 Å². The van der Waals surface area contributed by atoms with Gasteiger partial charge < -0.3 is 5.32 Å². The van der Waals surface area contributed by atoms with Crippen LogP contribution in [0.25, 0.3) is 21.5 Å². The van der Waals surface area contributed by atoms with E-state index in [4.69, 9.17) is 0 Å². The Morgan fingerprint density at radius 2 is 1.27 bits per heavy atom. The maximum atomic E-state index is 3.77. The van der Waals surface area contributed by atoms with Gasteiger partial charge in [-0.3, -0.25) is 0 Å². The molecule has 0 aromatic heterocycles. The lowest BCUT2D eigenvalue weighted by atomic mass is 9.97. The van der Waals surface area contributed by atoms with Crippen molar-refractivity contribution in [3.8, 4) is 0 Å². The fourth-order valence-corrected chi connectivity index (χ4v) is 3.67. The number of hydrogen-bond acceptors (Lipinski definition) is 1. The van der Waals surface area contributed by atoms with E-state index in [9.17, 15) is 0 Å². The molecule has 4 aromatic rings. The van der Waals surface area contributed by atoms with Crippen LogP contribution in [0.15, 0.2) is 84.9 Å². The summed E-state index contributed by atoms with van der Waals surface area (Å²) in [5.74, 6) is 0. The molecule has 1 nitrogen and oxygen atoms in total. The predicted octanol–water partition coefficient (Wildman–Crippen LogP) is 6.83. The highest BCUT2D eigenvalue weighted by Crippen LogP contribution is 2.27. The minimum atomic E-state index is 0. The summed E-state index contributed by atoms with van der Waals surface area (Å²) in [6.45, 7) is 4.49. The van der Waals surface area contributed by atoms with E-state index in [1.807, 2.05) is 0 Å². The standard InChI is InChI=1S/C24H23N.ClH/c1-17(21-15-14-19-8-3-4-10-22(19)16-21)25-18(2)23-13-7-11-20-9-5-6-12-24(20)23;/h3-18,25H,1-2H3;1H/t17?,18-;/m1./s1. The number of benzene rings is 4. The summed E-state index contributed by atoms with van der Waals surface area (Å²) in [4.78, 5) is 0. The molecule has 0 amide bonds. The summed E-state index contributed by atoms with van der Waals surface area (Å²) in [6, 6.07) is 31.0.